The number of methoxy groups -OCH3 is 3. The van der Waals surface area contributed by atoms with E-state index < -0.39 is 16.8 Å². The number of rotatable bonds is 25. The van der Waals surface area contributed by atoms with Crippen molar-refractivity contribution in [1.82, 2.24) is 110 Å². The number of pyridine rings is 1. The predicted molar refractivity (Wildman–Crippen MR) is 532 cm³/mol. The zero-order chi connectivity index (χ0) is 95.9. The van der Waals surface area contributed by atoms with Crippen molar-refractivity contribution in [1.29, 1.82) is 0 Å². The van der Waals surface area contributed by atoms with Crippen LogP contribution in [-0.2, 0) is 54.8 Å². The molecule has 6 amide bonds. The number of hydrogen-bond donors (Lipinski definition) is 6. The Morgan fingerprint density at radius 3 is 1.35 bits per heavy atom. The van der Waals surface area contributed by atoms with Gasteiger partial charge in [0.2, 0.25) is 17.7 Å². The van der Waals surface area contributed by atoms with E-state index in [2.05, 4.69) is 140 Å². The lowest BCUT2D eigenvalue weighted by molar-refractivity contribution is -0.138. The van der Waals surface area contributed by atoms with Crippen LogP contribution in [0.1, 0.15) is 104 Å². The Hall–Kier alpha value is -14.5. The zero-order valence-electron chi connectivity index (χ0n) is 78.4. The number of amides is 6. The molecule has 0 spiro atoms. The number of hydrogen-bond acceptors (Lipinski definition) is 26. The van der Waals surface area contributed by atoms with E-state index in [4.69, 9.17) is 18.9 Å². The van der Waals surface area contributed by atoms with Gasteiger partial charge in [-0.1, -0.05) is 66.8 Å². The van der Waals surface area contributed by atoms with Crippen LogP contribution in [0, 0.1) is 0 Å². The van der Waals surface area contributed by atoms with Gasteiger partial charge in [-0.05, 0) is 183 Å². The lowest BCUT2D eigenvalue weighted by Gasteiger charge is -2.30. The van der Waals surface area contributed by atoms with Crippen LogP contribution in [0.3, 0.4) is 0 Å². The average molecular weight is 1900 g/mol. The summed E-state index contributed by atoms with van der Waals surface area (Å²) in [5.41, 5.74) is 14.8. The first kappa shape index (κ1) is 93.2. The first-order valence-corrected chi connectivity index (χ1v) is 48.4. The monoisotopic (exact) mass is 1900 g/mol. The van der Waals surface area contributed by atoms with Crippen molar-refractivity contribution in [3.63, 3.8) is 0 Å². The van der Waals surface area contributed by atoms with Gasteiger partial charge in [-0.25, -0.2) is 34.9 Å². The third-order valence-corrected chi connectivity index (χ3v) is 29.0. The molecule has 0 bridgehead atoms. The minimum atomic E-state index is -1.06. The minimum absolute atomic E-state index is 0.0361. The number of anilines is 3. The molecule has 0 radical (unpaired) electrons. The molecular weight excluding hydrogens is 1790 g/mol. The van der Waals surface area contributed by atoms with E-state index in [-0.39, 0.29) is 55.1 Å². The zero-order valence-corrected chi connectivity index (χ0v) is 79.3. The second-order valence-corrected chi connectivity index (χ2v) is 37.8. The standard InChI is InChI=1S/C35H35N9O3S.C35H39N7O4.C34H35N9O3/c1-47-35(34(46)40-25-5-6-27-26(18-25)31(42-41-27)24-7-13-36-28(17-24)22-3-4-22)10-16-43(21-35)20-30(45)44-14-8-23(9-15-44)33-39-19-29(48-33)32-37-11-2-12-38-32;1-45-35(34(44)38-28-7-8-30-29(21-28)32(40-39-30)26-11-19-46-20-12-26)13-18-41(23-35)22-31(43)42-16-9-25(10-17-42)24-3-5-27(6-4-24)33-36-14-2-15-37-33;1-41-16-12-29(40-41)31-27-20-26(8-9-28(27)38-39-31)37-33(45)34(46-2)13-19-42(22-34)21-30(44)43-17-10-24(11-18-43)23-4-6-25(7-5-23)32-35-14-3-15-36-32/h2,5-8,11-13,17-19,22H,3-4,9-10,14-16,20-21H2,1H3,(H,40,46)(H,41,42);2-9,14-15,21,26H,10-13,16-20,22-23H2,1H3,(H,38,44)(H,39,40);3-10,12,14-16,20H,11,13,17-19,21-22H2,1-2H3,(H,37,45)(H,38,39)/t2*35-;34-/m000/s1. The Morgan fingerprint density at radius 1 is 0.443 bits per heavy atom. The first-order chi connectivity index (χ1) is 68.4. The number of fused-ring (bicyclic) bond motifs is 3. The molecule has 22 rings (SSSR count). The molecule has 36 heteroatoms. The molecule has 7 aliphatic heterocycles. The quantitative estimate of drug-likeness (QED) is 0.0309. The molecule has 6 N–H and O–H groups in total. The number of carbonyl (C=O) groups is 6. The van der Waals surface area contributed by atoms with Gasteiger partial charge in [0.25, 0.3) is 17.7 Å². The number of carbonyl (C=O) groups excluding carboxylic acids is 6. The van der Waals surface area contributed by atoms with E-state index in [0.717, 1.165) is 150 Å². The molecule has 8 aliphatic rings. The molecule has 140 heavy (non-hydrogen) atoms. The molecule has 1 saturated carbocycles. The van der Waals surface area contributed by atoms with Crippen LogP contribution in [0.25, 0.3) is 106 Å². The number of aromatic nitrogens is 16. The molecule has 3 atom stereocenters. The second kappa shape index (κ2) is 41.3. The Labute approximate surface area is 811 Å². The van der Waals surface area contributed by atoms with Crippen molar-refractivity contribution in [3.8, 4) is 56.1 Å². The van der Waals surface area contributed by atoms with E-state index in [1.54, 1.807) is 98.9 Å². The average Bonchev–Trinajstić information content (AvgIpc) is 1.63. The summed E-state index contributed by atoms with van der Waals surface area (Å²) in [4.78, 5) is 128. The van der Waals surface area contributed by atoms with E-state index in [1.807, 2.05) is 140 Å². The topological polar surface area (TPSA) is 402 Å². The molecule has 16 heterocycles. The van der Waals surface area contributed by atoms with Crippen molar-refractivity contribution in [2.24, 2.45) is 7.05 Å². The van der Waals surface area contributed by atoms with Gasteiger partial charge in [0, 0.05) is 249 Å². The Morgan fingerprint density at radius 2 is 0.893 bits per heavy atom. The highest BCUT2D eigenvalue weighted by Gasteiger charge is 2.49. The summed E-state index contributed by atoms with van der Waals surface area (Å²) in [5.74, 6) is 2.46. The summed E-state index contributed by atoms with van der Waals surface area (Å²) in [6, 6.07) is 45.0. The molecular formula is C104H109N25O10S. The summed E-state index contributed by atoms with van der Waals surface area (Å²) in [6.45, 7) is 8.57. The molecule has 1 aliphatic carbocycles. The number of benzene rings is 5. The molecule has 716 valence electrons. The van der Waals surface area contributed by atoms with Gasteiger partial charge in [-0.2, -0.15) is 20.4 Å². The number of H-pyrrole nitrogens is 3. The van der Waals surface area contributed by atoms with Crippen LogP contribution in [0.2, 0.25) is 0 Å². The highest BCUT2D eigenvalue weighted by atomic mass is 32.1. The molecule has 4 saturated heterocycles. The van der Waals surface area contributed by atoms with Crippen molar-refractivity contribution in [3.05, 3.63) is 241 Å². The molecule has 9 aromatic heterocycles. The van der Waals surface area contributed by atoms with Gasteiger partial charge in [0.15, 0.2) is 34.3 Å². The minimum Gasteiger partial charge on any atom is -0.381 e. The highest BCUT2D eigenvalue weighted by molar-refractivity contribution is 7.16. The number of thiazole rings is 1. The van der Waals surface area contributed by atoms with Gasteiger partial charge in [-0.15, -0.1) is 11.3 Å². The van der Waals surface area contributed by atoms with Gasteiger partial charge < -0.3 is 49.6 Å². The van der Waals surface area contributed by atoms with Crippen LogP contribution >= 0.6 is 11.3 Å². The van der Waals surface area contributed by atoms with Crippen LogP contribution in [-0.4, -0.2) is 295 Å². The number of nitrogens with zero attached hydrogens (tertiary/aromatic N) is 19. The summed E-state index contributed by atoms with van der Waals surface area (Å²) in [6.07, 6.45) is 30.3. The lowest BCUT2D eigenvalue weighted by Crippen LogP contribution is -2.48. The number of ether oxygens (including phenoxy) is 4. The van der Waals surface area contributed by atoms with Gasteiger partial charge >= 0.3 is 0 Å². The van der Waals surface area contributed by atoms with Crippen molar-refractivity contribution >= 4 is 113 Å². The largest absolute Gasteiger partial charge is 0.381 e. The molecule has 14 aromatic rings. The Bertz CT molecular complexity index is 6980. The molecule has 5 fully saturated rings. The van der Waals surface area contributed by atoms with Gasteiger partial charge in [0.1, 0.15) is 22.1 Å². The number of aromatic amines is 3. The number of likely N-dealkylation sites (tertiary alicyclic amines) is 3. The Balaban J connectivity index is 0.000000129. The number of nitrogens with one attached hydrogen (secondary N) is 6. The molecule has 35 nitrogen and oxygen atoms in total. The first-order valence-electron chi connectivity index (χ1n) is 47.5. The predicted octanol–water partition coefficient (Wildman–Crippen LogP) is 12.8. The number of aryl methyl sites for hydroxylation is 1. The van der Waals surface area contributed by atoms with Gasteiger partial charge in [-0.3, -0.25) is 68.4 Å². The fourth-order valence-electron chi connectivity index (χ4n) is 19.6. The van der Waals surface area contributed by atoms with E-state index in [1.165, 1.54) is 24.0 Å². The van der Waals surface area contributed by atoms with Gasteiger partial charge in [0.05, 0.1) is 41.1 Å². The SMILES string of the molecule is CO[C@@]1(C(=O)Nc2ccc3[nH]nc(-c4ccn(C)n4)c3c2)CCN(CC(=O)N2CC=C(c3ccc(-c4ncccn4)cc3)CC2)C1.CO[C@@]1(C(=O)Nc2ccc3[nH]nc(-c4ccnc(C5CC5)c4)c3c2)CCN(CC(=O)N2CC=C(c3ncc(-c4ncccn4)s3)CC2)C1.CO[C@@]1(C(=O)Nc2ccc3n[nH]c(C4CCOCC4)c3c2)CCN(CC(=O)N2CC=C(c3ccc(-c4ncccn4)cc3)CC2)C1. The molecule has 0 unspecified atom stereocenters. The third kappa shape index (κ3) is 20.5. The Kier molecular flexibility index (Phi) is 27.5. The van der Waals surface area contributed by atoms with Crippen LogP contribution in [0.15, 0.2) is 214 Å². The lowest BCUT2D eigenvalue weighted by atomic mass is 9.94. The summed E-state index contributed by atoms with van der Waals surface area (Å²) >= 11 is 1.56. The van der Waals surface area contributed by atoms with Crippen LogP contribution in [0.5, 0.6) is 0 Å². The summed E-state index contributed by atoms with van der Waals surface area (Å²) < 4.78 is 24.8. The smallest absolute Gasteiger partial charge is 0.258 e. The van der Waals surface area contributed by atoms with E-state index in [0.29, 0.717) is 144 Å². The van der Waals surface area contributed by atoms with Crippen LogP contribution < -0.4 is 16.0 Å². The van der Waals surface area contributed by atoms with Crippen molar-refractivity contribution in [2.45, 2.75) is 92.8 Å². The third-order valence-electron chi connectivity index (χ3n) is 28.0. The van der Waals surface area contributed by atoms with Crippen LogP contribution in [0.4, 0.5) is 17.1 Å². The maximum absolute atomic E-state index is 13.7. The summed E-state index contributed by atoms with van der Waals surface area (Å²) in [5, 5.41) is 40.3. The summed E-state index contributed by atoms with van der Waals surface area (Å²) in [7, 11) is 6.55. The fraction of sp³-hybridized carbons (Fsp3) is 0.346. The van der Waals surface area contributed by atoms with Crippen molar-refractivity contribution in [2.75, 3.05) is 149 Å². The normalized spacial score (nSPS) is 19.8. The highest BCUT2D eigenvalue weighted by Crippen LogP contribution is 2.43. The fourth-order valence-corrected chi connectivity index (χ4v) is 20.5. The van der Waals surface area contributed by atoms with E-state index >= 15 is 0 Å². The van der Waals surface area contributed by atoms with Crippen molar-refractivity contribution < 1.29 is 47.7 Å². The van der Waals surface area contributed by atoms with E-state index in [9.17, 15) is 28.8 Å². The maximum Gasteiger partial charge on any atom is 0.258 e. The second-order valence-electron chi connectivity index (χ2n) is 36.7. The molecule has 5 aromatic carbocycles. The maximum atomic E-state index is 13.7.